The van der Waals surface area contributed by atoms with E-state index < -0.39 is 0 Å². The molecule has 1 aliphatic carbocycles. The number of aliphatic hydroxyl groups excluding tert-OH is 1. The molecule has 0 saturated carbocycles. The summed E-state index contributed by atoms with van der Waals surface area (Å²) in [5, 5.41) is 14.8. The van der Waals surface area contributed by atoms with Gasteiger partial charge in [-0.15, -0.1) is 0 Å². The van der Waals surface area contributed by atoms with E-state index in [1.54, 1.807) is 13.0 Å². The molecule has 0 amide bonds. The number of hydrogen-bond acceptors (Lipinski definition) is 4. The van der Waals surface area contributed by atoms with Crippen LogP contribution in [0.15, 0.2) is 53.4 Å². The fourth-order valence-electron chi connectivity index (χ4n) is 3.34. The summed E-state index contributed by atoms with van der Waals surface area (Å²) in [4.78, 5) is 17.6. The minimum absolute atomic E-state index is 0.0744. The largest absolute Gasteiger partial charge is 0.511 e. The lowest BCUT2D eigenvalue weighted by molar-refractivity contribution is -0.118. The van der Waals surface area contributed by atoms with Crippen molar-refractivity contribution in [2.75, 3.05) is 6.61 Å². The smallest absolute Gasteiger partial charge is 0.168 e. The number of Topliss-reactive ketones (excluding diaryl/α,β-unsaturated/α-hetero) is 1. The van der Waals surface area contributed by atoms with Crippen LogP contribution < -0.4 is 0 Å². The second-order valence-electron chi connectivity index (χ2n) is 6.96. The van der Waals surface area contributed by atoms with Crippen LogP contribution in [0.5, 0.6) is 0 Å². The molecule has 128 valence electrons. The number of hydrogen-bond donors (Lipinski definition) is 1. The van der Waals surface area contributed by atoms with E-state index in [4.69, 9.17) is 4.84 Å². The number of allylic oxidation sites excluding steroid dienone is 2. The van der Waals surface area contributed by atoms with Gasteiger partial charge in [-0.05, 0) is 24.8 Å². The van der Waals surface area contributed by atoms with Crippen LogP contribution in [0, 0.1) is 12.3 Å². The first kappa shape index (κ1) is 18.0. The van der Waals surface area contributed by atoms with Gasteiger partial charge in [-0.25, -0.2) is 0 Å². The predicted octanol–water partition coefficient (Wildman–Crippen LogP) is 4.47. The standard InChI is InChI=1S/C20H25NO3/c1-6-10-24-21-14(3)17-16(22)12-20(4,5)18(19(17)23)15-9-7-8-13(2)11-15/h6-9,11,18,23H,1,10,12H2,2-5H3. The Morgan fingerprint density at radius 2 is 2.21 bits per heavy atom. The maximum absolute atomic E-state index is 12.6. The highest BCUT2D eigenvalue weighted by molar-refractivity contribution is 6.22. The zero-order valence-corrected chi connectivity index (χ0v) is 14.8. The summed E-state index contributed by atoms with van der Waals surface area (Å²) in [5.74, 6) is -0.287. The van der Waals surface area contributed by atoms with Crippen LogP contribution in [0.2, 0.25) is 0 Å². The molecular weight excluding hydrogens is 302 g/mol. The van der Waals surface area contributed by atoms with Gasteiger partial charge in [0.2, 0.25) is 0 Å². The Morgan fingerprint density at radius 1 is 1.50 bits per heavy atom. The van der Waals surface area contributed by atoms with Crippen molar-refractivity contribution < 1.29 is 14.7 Å². The molecule has 0 fully saturated rings. The number of ketones is 1. The van der Waals surface area contributed by atoms with Crippen LogP contribution in [0.1, 0.15) is 44.2 Å². The second-order valence-corrected chi connectivity index (χ2v) is 6.96. The molecule has 4 heteroatoms. The molecule has 0 bridgehead atoms. The van der Waals surface area contributed by atoms with Crippen molar-refractivity contribution in [2.45, 2.75) is 40.0 Å². The average Bonchev–Trinajstić information content (AvgIpc) is 2.46. The maximum Gasteiger partial charge on any atom is 0.168 e. The molecule has 1 atom stereocenters. The normalized spacial score (nSPS) is 20.9. The van der Waals surface area contributed by atoms with Crippen LogP contribution >= 0.6 is 0 Å². The van der Waals surface area contributed by atoms with Crippen molar-refractivity contribution in [1.29, 1.82) is 0 Å². The summed E-state index contributed by atoms with van der Waals surface area (Å²) in [6, 6.07) is 8.03. The van der Waals surface area contributed by atoms with Gasteiger partial charge < -0.3 is 9.94 Å². The summed E-state index contributed by atoms with van der Waals surface area (Å²) in [6.45, 7) is 11.5. The molecule has 0 radical (unpaired) electrons. The lowest BCUT2D eigenvalue weighted by Gasteiger charge is -2.38. The third-order valence-corrected chi connectivity index (χ3v) is 4.34. The Kier molecular flexibility index (Phi) is 5.27. The van der Waals surface area contributed by atoms with Gasteiger partial charge >= 0.3 is 0 Å². The van der Waals surface area contributed by atoms with Gasteiger partial charge in [-0.3, -0.25) is 4.79 Å². The summed E-state index contributed by atoms with van der Waals surface area (Å²) in [6.07, 6.45) is 1.92. The zero-order chi connectivity index (χ0) is 17.9. The number of rotatable bonds is 5. The molecule has 1 N–H and O–H groups in total. The fourth-order valence-corrected chi connectivity index (χ4v) is 3.34. The molecule has 1 aromatic carbocycles. The highest BCUT2D eigenvalue weighted by atomic mass is 16.6. The highest BCUT2D eigenvalue weighted by Crippen LogP contribution is 2.47. The quantitative estimate of drug-likeness (QED) is 0.376. The van der Waals surface area contributed by atoms with Crippen molar-refractivity contribution in [3.8, 4) is 0 Å². The van der Waals surface area contributed by atoms with E-state index in [9.17, 15) is 9.90 Å². The van der Waals surface area contributed by atoms with Crippen LogP contribution in [0.3, 0.4) is 0 Å². The Morgan fingerprint density at radius 3 is 2.83 bits per heavy atom. The molecule has 1 aromatic rings. The summed E-state index contributed by atoms with van der Waals surface area (Å²) >= 11 is 0. The molecule has 24 heavy (non-hydrogen) atoms. The lowest BCUT2D eigenvalue weighted by atomic mass is 9.65. The number of benzene rings is 1. The van der Waals surface area contributed by atoms with Crippen LogP contribution in [0.4, 0.5) is 0 Å². The van der Waals surface area contributed by atoms with Crippen molar-refractivity contribution in [3.05, 3.63) is 59.4 Å². The summed E-state index contributed by atoms with van der Waals surface area (Å²) < 4.78 is 0. The maximum atomic E-state index is 12.6. The number of aliphatic hydroxyl groups is 1. The van der Waals surface area contributed by atoms with Gasteiger partial charge in [-0.2, -0.15) is 0 Å². The Balaban J connectivity index is 2.53. The van der Waals surface area contributed by atoms with E-state index in [0.29, 0.717) is 12.1 Å². The summed E-state index contributed by atoms with van der Waals surface area (Å²) in [7, 11) is 0. The SMILES string of the molecule is C=CCON=C(C)C1=C(O)C(c2cccc(C)c2)C(C)(C)CC1=O. The molecule has 1 unspecified atom stereocenters. The monoisotopic (exact) mass is 327 g/mol. The molecule has 0 saturated heterocycles. The van der Waals surface area contributed by atoms with Crippen molar-refractivity contribution >= 4 is 11.5 Å². The second kappa shape index (κ2) is 7.04. The van der Waals surface area contributed by atoms with E-state index in [1.165, 1.54) is 0 Å². The topological polar surface area (TPSA) is 58.9 Å². The molecule has 0 heterocycles. The van der Waals surface area contributed by atoms with Gasteiger partial charge in [-0.1, -0.05) is 61.5 Å². The zero-order valence-electron chi connectivity index (χ0n) is 14.8. The van der Waals surface area contributed by atoms with Gasteiger partial charge in [0.05, 0.1) is 11.3 Å². The molecule has 2 rings (SSSR count). The number of aryl methyl sites for hydroxylation is 1. The van der Waals surface area contributed by atoms with Crippen LogP contribution in [-0.4, -0.2) is 23.2 Å². The van der Waals surface area contributed by atoms with E-state index >= 15 is 0 Å². The Labute approximate surface area is 143 Å². The summed E-state index contributed by atoms with van der Waals surface area (Å²) in [5.41, 5.74) is 2.41. The lowest BCUT2D eigenvalue weighted by Crippen LogP contribution is -2.35. The Hall–Kier alpha value is -2.36. The molecule has 1 aliphatic rings. The van der Waals surface area contributed by atoms with Crippen LogP contribution in [0.25, 0.3) is 0 Å². The average molecular weight is 327 g/mol. The van der Waals surface area contributed by atoms with Crippen molar-refractivity contribution in [1.82, 2.24) is 0 Å². The van der Waals surface area contributed by atoms with Gasteiger partial charge in [0, 0.05) is 12.3 Å². The number of carbonyl (C=O) groups excluding carboxylic acids is 1. The fraction of sp³-hybridized carbons (Fsp3) is 0.400. The molecule has 0 aliphatic heterocycles. The van der Waals surface area contributed by atoms with E-state index in [1.807, 2.05) is 39.0 Å². The number of carbonyl (C=O) groups is 1. The predicted molar refractivity (Wildman–Crippen MR) is 96.2 cm³/mol. The minimum Gasteiger partial charge on any atom is -0.511 e. The molecule has 0 spiro atoms. The van der Waals surface area contributed by atoms with E-state index in [2.05, 4.69) is 17.8 Å². The molecule has 4 nitrogen and oxygen atoms in total. The van der Waals surface area contributed by atoms with Gasteiger partial charge in [0.1, 0.15) is 12.4 Å². The van der Waals surface area contributed by atoms with Gasteiger partial charge in [0.15, 0.2) is 5.78 Å². The minimum atomic E-state index is -0.374. The van der Waals surface area contributed by atoms with Crippen molar-refractivity contribution in [3.63, 3.8) is 0 Å². The molecule has 0 aromatic heterocycles. The highest BCUT2D eigenvalue weighted by Gasteiger charge is 2.43. The molecular formula is C20H25NO3. The number of nitrogens with zero attached hydrogens (tertiary/aromatic N) is 1. The first-order valence-corrected chi connectivity index (χ1v) is 8.08. The third kappa shape index (κ3) is 3.58. The van der Waals surface area contributed by atoms with Crippen LogP contribution in [-0.2, 0) is 9.63 Å². The van der Waals surface area contributed by atoms with Gasteiger partial charge in [0.25, 0.3) is 0 Å². The third-order valence-electron chi connectivity index (χ3n) is 4.34. The van der Waals surface area contributed by atoms with Crippen molar-refractivity contribution in [2.24, 2.45) is 10.6 Å². The first-order valence-electron chi connectivity index (χ1n) is 8.08. The Bertz CT molecular complexity index is 713. The number of oxime groups is 1. The van der Waals surface area contributed by atoms with E-state index in [-0.39, 0.29) is 35.1 Å². The van der Waals surface area contributed by atoms with E-state index in [0.717, 1.165) is 11.1 Å². The first-order chi connectivity index (χ1) is 11.3.